The molecule has 164 valence electrons. The van der Waals surface area contributed by atoms with Crippen molar-refractivity contribution in [3.63, 3.8) is 0 Å². The van der Waals surface area contributed by atoms with Crippen LogP contribution >= 0.6 is 11.6 Å². The van der Waals surface area contributed by atoms with E-state index in [0.717, 1.165) is 66.3 Å². The molecule has 1 unspecified atom stereocenters. The number of halogens is 1. The van der Waals surface area contributed by atoms with Crippen LogP contribution in [0, 0.1) is 0 Å². The fourth-order valence-corrected chi connectivity index (χ4v) is 4.04. The number of hydrogen-bond acceptors (Lipinski definition) is 4. The van der Waals surface area contributed by atoms with Crippen molar-refractivity contribution in [3.05, 3.63) is 75.2 Å². The normalized spacial score (nSPS) is 16.9. The fraction of sp³-hybridized carbons (Fsp3) is 0.375. The predicted molar refractivity (Wildman–Crippen MR) is 124 cm³/mol. The van der Waals surface area contributed by atoms with E-state index in [0.29, 0.717) is 6.42 Å². The van der Waals surface area contributed by atoms with Crippen molar-refractivity contribution in [1.29, 1.82) is 0 Å². The molecular formula is C24H28ClN3O3. The Kier molecular flexibility index (Phi) is 7.82. The summed E-state index contributed by atoms with van der Waals surface area (Å²) in [6.45, 7) is 3.16. The number of likely N-dealkylation sites (tertiary alicyclic amines) is 1. The zero-order chi connectivity index (χ0) is 22.4. The Morgan fingerprint density at radius 1 is 1.10 bits per heavy atom. The number of carbonyl (C=O) groups is 1. The van der Waals surface area contributed by atoms with Crippen LogP contribution in [0.15, 0.2) is 53.3 Å². The van der Waals surface area contributed by atoms with Gasteiger partial charge in [0.25, 0.3) is 11.5 Å². The van der Waals surface area contributed by atoms with Gasteiger partial charge in [0, 0.05) is 23.8 Å². The van der Waals surface area contributed by atoms with Gasteiger partial charge in [-0.15, -0.1) is 0 Å². The summed E-state index contributed by atoms with van der Waals surface area (Å²) in [6, 6.07) is 15.8. The minimum atomic E-state index is -0.833. The van der Waals surface area contributed by atoms with E-state index in [4.69, 9.17) is 26.6 Å². The Morgan fingerprint density at radius 2 is 1.74 bits per heavy atom. The van der Waals surface area contributed by atoms with Crippen LogP contribution in [0.2, 0.25) is 5.02 Å². The number of carboxylic acids is 1. The average molecular weight is 442 g/mol. The first-order chi connectivity index (χ1) is 14.8. The van der Waals surface area contributed by atoms with Crippen LogP contribution in [-0.2, 0) is 11.2 Å². The zero-order valence-electron chi connectivity index (χ0n) is 17.9. The first kappa shape index (κ1) is 23.0. The first-order valence-corrected chi connectivity index (χ1v) is 10.9. The number of nitrogens with zero attached hydrogens (tertiary/aromatic N) is 3. The van der Waals surface area contributed by atoms with Gasteiger partial charge in [0.15, 0.2) is 0 Å². The van der Waals surface area contributed by atoms with Gasteiger partial charge in [-0.1, -0.05) is 41.9 Å². The molecule has 31 heavy (non-hydrogen) atoms. The minimum absolute atomic E-state index is 0.0278. The lowest BCUT2D eigenvalue weighted by atomic mass is 10.0. The molecule has 4 rings (SSSR count). The molecule has 0 amide bonds. The molecule has 0 spiro atoms. The Hall–Kier alpha value is -2.70. The summed E-state index contributed by atoms with van der Waals surface area (Å²) < 4.78 is 1.76. The summed E-state index contributed by atoms with van der Waals surface area (Å²) in [7, 11) is 2.14. The average Bonchev–Trinajstić information content (AvgIpc) is 2.96. The molecular weight excluding hydrogens is 414 g/mol. The monoisotopic (exact) mass is 441 g/mol. The van der Waals surface area contributed by atoms with Crippen LogP contribution in [0.25, 0.3) is 10.8 Å². The van der Waals surface area contributed by atoms with Gasteiger partial charge in [-0.3, -0.25) is 9.59 Å². The van der Waals surface area contributed by atoms with Crippen LogP contribution in [0.5, 0.6) is 0 Å². The molecule has 0 saturated carbocycles. The van der Waals surface area contributed by atoms with Gasteiger partial charge in [-0.25, -0.2) is 4.68 Å². The van der Waals surface area contributed by atoms with Crippen molar-refractivity contribution in [2.75, 3.05) is 20.1 Å². The number of aliphatic carboxylic acids is 1. The lowest BCUT2D eigenvalue weighted by Crippen LogP contribution is -2.29. The molecule has 0 bridgehead atoms. The van der Waals surface area contributed by atoms with Crippen LogP contribution in [0.1, 0.15) is 43.5 Å². The summed E-state index contributed by atoms with van der Waals surface area (Å²) in [5.41, 5.74) is 2.12. The molecule has 7 heteroatoms. The van der Waals surface area contributed by atoms with Crippen LogP contribution in [0.3, 0.4) is 0 Å². The molecule has 1 fully saturated rings. The predicted octanol–water partition coefficient (Wildman–Crippen LogP) is 4.39. The molecule has 1 N–H and O–H groups in total. The second kappa shape index (κ2) is 10.6. The van der Waals surface area contributed by atoms with Gasteiger partial charge in [0.2, 0.25) is 0 Å². The summed E-state index contributed by atoms with van der Waals surface area (Å²) in [5.74, 6) is -0.833. The van der Waals surface area contributed by atoms with E-state index < -0.39 is 5.97 Å². The summed E-state index contributed by atoms with van der Waals surface area (Å²) in [5, 5.41) is 14.7. The molecule has 0 aliphatic carbocycles. The molecule has 2 aromatic carbocycles. The SMILES string of the molecule is CC(=O)O.CN1CCCC(n2nc(Cc3ccc(Cl)cc3)c3ccccc3c2=O)CC1. The van der Waals surface area contributed by atoms with Crippen molar-refractivity contribution >= 4 is 28.3 Å². The quantitative estimate of drug-likeness (QED) is 0.652. The third-order valence-electron chi connectivity index (χ3n) is 5.46. The second-order valence-corrected chi connectivity index (χ2v) is 8.39. The summed E-state index contributed by atoms with van der Waals surface area (Å²) in [4.78, 5) is 24.5. The van der Waals surface area contributed by atoms with Crippen molar-refractivity contribution in [3.8, 4) is 0 Å². The number of hydrogen-bond donors (Lipinski definition) is 1. The Bertz CT molecular complexity index is 1090. The Balaban J connectivity index is 0.000000628. The van der Waals surface area contributed by atoms with E-state index in [1.54, 1.807) is 4.68 Å². The van der Waals surface area contributed by atoms with Crippen molar-refractivity contribution < 1.29 is 9.90 Å². The highest BCUT2D eigenvalue weighted by atomic mass is 35.5. The lowest BCUT2D eigenvalue weighted by Gasteiger charge is -2.19. The van der Waals surface area contributed by atoms with Crippen molar-refractivity contribution in [1.82, 2.24) is 14.7 Å². The van der Waals surface area contributed by atoms with E-state index in [1.165, 1.54) is 0 Å². The molecule has 1 aliphatic heterocycles. The van der Waals surface area contributed by atoms with Gasteiger partial charge >= 0.3 is 0 Å². The molecule has 1 aromatic heterocycles. The Morgan fingerprint density at radius 3 is 2.42 bits per heavy atom. The third kappa shape index (κ3) is 6.15. The number of carboxylic acid groups (broad SMARTS) is 1. The highest BCUT2D eigenvalue weighted by Gasteiger charge is 2.21. The molecule has 1 saturated heterocycles. The molecule has 6 nitrogen and oxygen atoms in total. The molecule has 1 aliphatic rings. The van der Waals surface area contributed by atoms with Crippen molar-refractivity contribution in [2.24, 2.45) is 0 Å². The number of rotatable bonds is 3. The van der Waals surface area contributed by atoms with Crippen LogP contribution < -0.4 is 5.56 Å². The van der Waals surface area contributed by atoms with E-state index in [9.17, 15) is 4.79 Å². The first-order valence-electron chi connectivity index (χ1n) is 10.5. The van der Waals surface area contributed by atoms with E-state index in [-0.39, 0.29) is 11.6 Å². The second-order valence-electron chi connectivity index (χ2n) is 7.95. The minimum Gasteiger partial charge on any atom is -0.481 e. The topological polar surface area (TPSA) is 75.4 Å². The number of fused-ring (bicyclic) bond motifs is 1. The van der Waals surface area contributed by atoms with Crippen LogP contribution in [-0.4, -0.2) is 45.9 Å². The Labute approximate surface area is 187 Å². The smallest absolute Gasteiger partial charge is 0.300 e. The summed E-state index contributed by atoms with van der Waals surface area (Å²) >= 11 is 6.02. The van der Waals surface area contributed by atoms with E-state index >= 15 is 0 Å². The van der Waals surface area contributed by atoms with Crippen LogP contribution in [0.4, 0.5) is 0 Å². The molecule has 0 radical (unpaired) electrons. The van der Waals surface area contributed by atoms with Gasteiger partial charge in [-0.2, -0.15) is 5.10 Å². The van der Waals surface area contributed by atoms with E-state index in [1.807, 2.05) is 48.5 Å². The standard InChI is InChI=1S/C22H24ClN3O.C2H4O2/c1-25-13-4-5-18(12-14-25)26-22(27)20-7-3-2-6-19(20)21(24-26)15-16-8-10-17(23)11-9-16;1-2(3)4/h2-3,6-11,18H,4-5,12-15H2,1H3;1H3,(H,3,4). The third-order valence-corrected chi connectivity index (χ3v) is 5.71. The molecule has 1 atom stereocenters. The maximum Gasteiger partial charge on any atom is 0.300 e. The fourth-order valence-electron chi connectivity index (χ4n) is 3.91. The van der Waals surface area contributed by atoms with Gasteiger partial charge < -0.3 is 10.0 Å². The highest BCUT2D eigenvalue weighted by Crippen LogP contribution is 2.23. The zero-order valence-corrected chi connectivity index (χ0v) is 18.7. The highest BCUT2D eigenvalue weighted by molar-refractivity contribution is 6.30. The van der Waals surface area contributed by atoms with Gasteiger partial charge in [-0.05, 0) is 63.2 Å². The van der Waals surface area contributed by atoms with Gasteiger partial charge in [0.05, 0.1) is 17.1 Å². The van der Waals surface area contributed by atoms with Crippen molar-refractivity contribution in [2.45, 2.75) is 38.6 Å². The maximum atomic E-state index is 13.1. The molecule has 2 heterocycles. The van der Waals surface area contributed by atoms with E-state index in [2.05, 4.69) is 11.9 Å². The molecule has 3 aromatic rings. The number of benzene rings is 2. The van der Waals surface area contributed by atoms with Gasteiger partial charge in [0.1, 0.15) is 0 Å². The summed E-state index contributed by atoms with van der Waals surface area (Å²) in [6.07, 6.45) is 3.73. The maximum absolute atomic E-state index is 13.1. The lowest BCUT2D eigenvalue weighted by molar-refractivity contribution is -0.134. The largest absolute Gasteiger partial charge is 0.481 e. The number of aromatic nitrogens is 2.